The number of benzene rings is 2. The van der Waals surface area contributed by atoms with Crippen molar-refractivity contribution in [3.63, 3.8) is 0 Å². The zero-order valence-electron chi connectivity index (χ0n) is 12.9. The lowest BCUT2D eigenvalue weighted by molar-refractivity contribution is -0.111. The van der Waals surface area contributed by atoms with Crippen LogP contribution in [0.4, 0.5) is 10.1 Å². The molecule has 4 nitrogen and oxygen atoms in total. The van der Waals surface area contributed by atoms with Crippen molar-refractivity contribution in [2.24, 2.45) is 0 Å². The molecule has 1 N–H and O–H groups in total. The van der Waals surface area contributed by atoms with Crippen LogP contribution in [0, 0.1) is 5.82 Å². The molecule has 118 valence electrons. The summed E-state index contributed by atoms with van der Waals surface area (Å²) in [5.41, 5.74) is 1.47. The average molecular weight is 312 g/mol. The number of carbonyl (C=O) groups is 2. The van der Waals surface area contributed by atoms with Gasteiger partial charge in [0.15, 0.2) is 0 Å². The summed E-state index contributed by atoms with van der Waals surface area (Å²) in [6.45, 7) is 0. The Morgan fingerprint density at radius 2 is 1.70 bits per heavy atom. The van der Waals surface area contributed by atoms with Crippen LogP contribution < -0.4 is 5.32 Å². The van der Waals surface area contributed by atoms with E-state index >= 15 is 0 Å². The summed E-state index contributed by atoms with van der Waals surface area (Å²) in [4.78, 5) is 25.0. The van der Waals surface area contributed by atoms with E-state index in [9.17, 15) is 14.0 Å². The number of halogens is 1. The molecule has 2 aromatic rings. The van der Waals surface area contributed by atoms with E-state index in [4.69, 9.17) is 0 Å². The van der Waals surface area contributed by atoms with E-state index in [0.717, 1.165) is 5.56 Å². The van der Waals surface area contributed by atoms with Crippen LogP contribution in [0.1, 0.15) is 15.9 Å². The molecule has 0 bridgehead atoms. The molecule has 0 radical (unpaired) electrons. The van der Waals surface area contributed by atoms with Crippen molar-refractivity contribution >= 4 is 23.6 Å². The molecule has 2 rings (SSSR count). The molecule has 0 heterocycles. The van der Waals surface area contributed by atoms with Crippen molar-refractivity contribution in [1.82, 2.24) is 4.90 Å². The Morgan fingerprint density at radius 1 is 1.04 bits per heavy atom. The zero-order valence-corrected chi connectivity index (χ0v) is 12.9. The van der Waals surface area contributed by atoms with Crippen LogP contribution in [-0.4, -0.2) is 30.8 Å². The van der Waals surface area contributed by atoms with Crippen molar-refractivity contribution in [3.05, 3.63) is 71.6 Å². The lowest BCUT2D eigenvalue weighted by atomic mass is 10.1. The van der Waals surface area contributed by atoms with Crippen molar-refractivity contribution in [1.29, 1.82) is 0 Å². The molecule has 0 aliphatic carbocycles. The van der Waals surface area contributed by atoms with E-state index in [1.165, 1.54) is 23.1 Å². The highest BCUT2D eigenvalue weighted by molar-refractivity contribution is 6.02. The first kappa shape index (κ1) is 16.4. The Balaban J connectivity index is 2.01. The first-order valence-electron chi connectivity index (χ1n) is 7.02. The molecule has 0 spiro atoms. The third kappa shape index (κ3) is 4.51. The Hall–Kier alpha value is -2.95. The summed E-state index contributed by atoms with van der Waals surface area (Å²) in [5.74, 6) is -0.998. The number of hydrogen-bond acceptors (Lipinski definition) is 2. The Bertz CT molecular complexity index is 737. The van der Waals surface area contributed by atoms with Crippen molar-refractivity contribution in [3.8, 4) is 0 Å². The summed E-state index contributed by atoms with van der Waals surface area (Å²) in [6, 6.07) is 12.8. The molecular weight excluding hydrogens is 295 g/mol. The predicted octanol–water partition coefficient (Wildman–Crippen LogP) is 3.18. The van der Waals surface area contributed by atoms with Crippen LogP contribution in [-0.2, 0) is 4.79 Å². The number of para-hydroxylation sites is 1. The SMILES string of the molecule is CN(C)C(=O)c1ccc(/C=C/C(=O)Nc2ccccc2F)cc1. The van der Waals surface area contributed by atoms with Crippen LogP contribution in [0.2, 0.25) is 0 Å². The van der Waals surface area contributed by atoms with Gasteiger partial charge in [-0.2, -0.15) is 0 Å². The van der Waals surface area contributed by atoms with E-state index in [2.05, 4.69) is 5.32 Å². The van der Waals surface area contributed by atoms with Gasteiger partial charge in [0.25, 0.3) is 5.91 Å². The molecule has 0 atom stereocenters. The van der Waals surface area contributed by atoms with E-state index in [1.54, 1.807) is 56.6 Å². The fraction of sp³-hybridized carbons (Fsp3) is 0.111. The molecule has 5 heteroatoms. The second-order valence-electron chi connectivity index (χ2n) is 5.12. The highest BCUT2D eigenvalue weighted by atomic mass is 19.1. The van der Waals surface area contributed by atoms with Gasteiger partial charge in [0.1, 0.15) is 5.82 Å². The molecule has 0 saturated heterocycles. The standard InChI is InChI=1S/C18H17FN2O2/c1-21(2)18(23)14-10-7-13(8-11-14)9-12-17(22)20-16-6-4-3-5-15(16)19/h3-12H,1-2H3,(H,20,22)/b12-9+. The fourth-order valence-corrected chi connectivity index (χ4v) is 1.90. The van der Waals surface area contributed by atoms with Gasteiger partial charge in [0.05, 0.1) is 5.69 Å². The molecule has 0 aromatic heterocycles. The highest BCUT2D eigenvalue weighted by Crippen LogP contribution is 2.13. The van der Waals surface area contributed by atoms with Crippen molar-refractivity contribution in [2.45, 2.75) is 0 Å². The van der Waals surface area contributed by atoms with Crippen LogP contribution in [0.15, 0.2) is 54.6 Å². The van der Waals surface area contributed by atoms with Crippen molar-refractivity contribution < 1.29 is 14.0 Å². The summed E-state index contributed by atoms with van der Waals surface area (Å²) in [5, 5.41) is 2.46. The zero-order chi connectivity index (χ0) is 16.8. The van der Waals surface area contributed by atoms with Crippen LogP contribution in [0.3, 0.4) is 0 Å². The molecule has 0 aliphatic rings. The summed E-state index contributed by atoms with van der Waals surface area (Å²) in [7, 11) is 3.37. The topological polar surface area (TPSA) is 49.4 Å². The highest BCUT2D eigenvalue weighted by Gasteiger charge is 2.07. The van der Waals surface area contributed by atoms with Gasteiger partial charge in [-0.25, -0.2) is 4.39 Å². The van der Waals surface area contributed by atoms with E-state index < -0.39 is 11.7 Å². The number of nitrogens with zero attached hydrogens (tertiary/aromatic N) is 1. The molecule has 23 heavy (non-hydrogen) atoms. The number of hydrogen-bond donors (Lipinski definition) is 1. The monoisotopic (exact) mass is 312 g/mol. The number of nitrogens with one attached hydrogen (secondary N) is 1. The van der Waals surface area contributed by atoms with Gasteiger partial charge in [-0.1, -0.05) is 24.3 Å². The fourth-order valence-electron chi connectivity index (χ4n) is 1.90. The number of rotatable bonds is 4. The first-order chi connectivity index (χ1) is 11.0. The van der Waals surface area contributed by atoms with E-state index in [0.29, 0.717) is 5.56 Å². The van der Waals surface area contributed by atoms with Gasteiger partial charge >= 0.3 is 0 Å². The summed E-state index contributed by atoms with van der Waals surface area (Å²) in [6.07, 6.45) is 2.91. The second kappa shape index (κ2) is 7.35. The van der Waals surface area contributed by atoms with Crippen LogP contribution >= 0.6 is 0 Å². The normalized spacial score (nSPS) is 10.6. The lowest BCUT2D eigenvalue weighted by Gasteiger charge is -2.09. The Morgan fingerprint density at radius 3 is 2.30 bits per heavy atom. The summed E-state index contributed by atoms with van der Waals surface area (Å²) < 4.78 is 13.4. The van der Waals surface area contributed by atoms with Gasteiger partial charge < -0.3 is 10.2 Å². The maximum absolute atomic E-state index is 13.4. The van der Waals surface area contributed by atoms with Gasteiger partial charge in [-0.3, -0.25) is 9.59 Å². The minimum Gasteiger partial charge on any atom is -0.345 e. The average Bonchev–Trinajstić information content (AvgIpc) is 2.55. The van der Waals surface area contributed by atoms with Gasteiger partial charge in [-0.15, -0.1) is 0 Å². The van der Waals surface area contributed by atoms with Crippen LogP contribution in [0.25, 0.3) is 6.08 Å². The maximum atomic E-state index is 13.4. The number of carbonyl (C=O) groups excluding carboxylic acids is 2. The van der Waals surface area contributed by atoms with Crippen LogP contribution in [0.5, 0.6) is 0 Å². The molecule has 0 unspecified atom stereocenters. The maximum Gasteiger partial charge on any atom is 0.253 e. The van der Waals surface area contributed by atoms with Gasteiger partial charge in [-0.05, 0) is 35.9 Å². The number of amides is 2. The van der Waals surface area contributed by atoms with E-state index in [1.807, 2.05) is 0 Å². The van der Waals surface area contributed by atoms with Gasteiger partial charge in [0, 0.05) is 25.7 Å². The Labute approximate surface area is 134 Å². The smallest absolute Gasteiger partial charge is 0.253 e. The van der Waals surface area contributed by atoms with Gasteiger partial charge in [0.2, 0.25) is 5.91 Å². The minimum atomic E-state index is -0.485. The largest absolute Gasteiger partial charge is 0.345 e. The third-order valence-electron chi connectivity index (χ3n) is 3.12. The third-order valence-corrected chi connectivity index (χ3v) is 3.12. The predicted molar refractivity (Wildman–Crippen MR) is 88.5 cm³/mol. The lowest BCUT2D eigenvalue weighted by Crippen LogP contribution is -2.21. The second-order valence-corrected chi connectivity index (χ2v) is 5.12. The molecule has 2 aromatic carbocycles. The quantitative estimate of drug-likeness (QED) is 0.882. The minimum absolute atomic E-state index is 0.0853. The molecule has 2 amide bonds. The van der Waals surface area contributed by atoms with Crippen molar-refractivity contribution in [2.75, 3.05) is 19.4 Å². The molecular formula is C18H17FN2O2. The molecule has 0 aliphatic heterocycles. The first-order valence-corrected chi connectivity index (χ1v) is 7.02. The molecule has 0 fully saturated rings. The number of anilines is 1. The van der Waals surface area contributed by atoms with E-state index in [-0.39, 0.29) is 11.6 Å². The molecule has 0 saturated carbocycles. The summed E-state index contributed by atoms with van der Waals surface area (Å²) >= 11 is 0. The Kier molecular flexibility index (Phi) is 5.25.